The third-order valence-corrected chi connectivity index (χ3v) is 5.38. The van der Waals surface area contributed by atoms with Crippen molar-refractivity contribution in [3.8, 4) is 0 Å². The lowest BCUT2D eigenvalue weighted by Gasteiger charge is -2.34. The molecule has 0 spiro atoms. The summed E-state index contributed by atoms with van der Waals surface area (Å²) >= 11 is 6.11. The van der Waals surface area contributed by atoms with E-state index in [1.165, 1.54) is 0 Å². The van der Waals surface area contributed by atoms with Gasteiger partial charge in [-0.05, 0) is 48.7 Å². The van der Waals surface area contributed by atoms with Crippen LogP contribution in [0.1, 0.15) is 54.0 Å². The summed E-state index contributed by atoms with van der Waals surface area (Å²) in [5.41, 5.74) is 3.58. The van der Waals surface area contributed by atoms with Crippen LogP contribution in [0.25, 0.3) is 0 Å². The number of benzene rings is 1. The normalized spacial score (nSPS) is 16.5. The summed E-state index contributed by atoms with van der Waals surface area (Å²) in [5, 5.41) is 0.664. The number of carbonyl (C=O) groups is 1. The Morgan fingerprint density at radius 1 is 1.25 bits per heavy atom. The summed E-state index contributed by atoms with van der Waals surface area (Å²) < 4.78 is 2.13. The molecule has 0 N–H and O–H groups in total. The van der Waals surface area contributed by atoms with Crippen LogP contribution < -0.4 is 4.90 Å². The Kier molecular flexibility index (Phi) is 4.94. The number of aromatic nitrogens is 3. The van der Waals surface area contributed by atoms with E-state index in [4.69, 9.17) is 11.6 Å². The molecule has 3 aromatic rings. The Morgan fingerprint density at radius 2 is 2.07 bits per heavy atom. The minimum Gasteiger partial charge on any atom is -0.330 e. The summed E-state index contributed by atoms with van der Waals surface area (Å²) in [4.78, 5) is 23.8. The van der Waals surface area contributed by atoms with Crippen molar-refractivity contribution in [3.05, 3.63) is 76.6 Å². The van der Waals surface area contributed by atoms with Gasteiger partial charge in [0.1, 0.15) is 5.82 Å². The van der Waals surface area contributed by atoms with Gasteiger partial charge in [-0.3, -0.25) is 9.78 Å². The fraction of sp³-hybridized carbons (Fsp3) is 0.318. The molecule has 0 aliphatic carbocycles. The molecule has 3 heterocycles. The van der Waals surface area contributed by atoms with E-state index in [9.17, 15) is 4.79 Å². The largest absolute Gasteiger partial charge is 0.330 e. The van der Waals surface area contributed by atoms with Crippen LogP contribution in [0.2, 0.25) is 5.02 Å². The van der Waals surface area contributed by atoms with Crippen molar-refractivity contribution in [2.75, 3.05) is 4.90 Å². The van der Waals surface area contributed by atoms with Crippen molar-refractivity contribution in [1.29, 1.82) is 0 Å². The molecule has 1 unspecified atom stereocenters. The molecule has 28 heavy (non-hydrogen) atoms. The minimum atomic E-state index is -0.00475. The smallest absolute Gasteiger partial charge is 0.258 e. The van der Waals surface area contributed by atoms with Gasteiger partial charge < -0.3 is 9.47 Å². The number of hydrogen-bond donors (Lipinski definition) is 0. The van der Waals surface area contributed by atoms with Gasteiger partial charge in [0.2, 0.25) is 0 Å². The molecule has 1 aromatic carbocycles. The van der Waals surface area contributed by atoms with Crippen molar-refractivity contribution < 1.29 is 4.79 Å². The molecule has 1 aliphatic heterocycles. The average Bonchev–Trinajstić information content (AvgIpc) is 3.10. The highest BCUT2D eigenvalue weighted by molar-refractivity contribution is 6.30. The zero-order valence-electron chi connectivity index (χ0n) is 16.3. The van der Waals surface area contributed by atoms with Crippen LogP contribution in [-0.4, -0.2) is 26.5 Å². The van der Waals surface area contributed by atoms with E-state index >= 15 is 0 Å². The van der Waals surface area contributed by atoms with Crippen LogP contribution >= 0.6 is 11.6 Å². The highest BCUT2D eigenvalue weighted by Crippen LogP contribution is 2.30. The molecule has 4 rings (SSSR count). The molecule has 1 aliphatic rings. The van der Waals surface area contributed by atoms with Crippen LogP contribution in [0, 0.1) is 0 Å². The predicted molar refractivity (Wildman–Crippen MR) is 111 cm³/mol. The first-order valence-corrected chi connectivity index (χ1v) is 9.88. The molecule has 2 aromatic heterocycles. The minimum absolute atomic E-state index is 0.00475. The van der Waals surface area contributed by atoms with Crippen molar-refractivity contribution in [1.82, 2.24) is 14.5 Å². The van der Waals surface area contributed by atoms with E-state index in [1.54, 1.807) is 12.3 Å². The topological polar surface area (TPSA) is 51.0 Å². The van der Waals surface area contributed by atoms with Crippen LogP contribution in [0.4, 0.5) is 5.69 Å². The summed E-state index contributed by atoms with van der Waals surface area (Å²) in [6.07, 6.45) is 8.18. The van der Waals surface area contributed by atoms with Crippen molar-refractivity contribution in [3.63, 3.8) is 0 Å². The van der Waals surface area contributed by atoms with E-state index in [0.717, 1.165) is 29.1 Å². The number of fused-ring (bicyclic) bond motifs is 1. The van der Waals surface area contributed by atoms with Gasteiger partial charge in [-0.25, -0.2) is 4.98 Å². The Balaban J connectivity index is 1.65. The number of nitrogens with zero attached hydrogens (tertiary/aromatic N) is 4. The maximum atomic E-state index is 13.2. The number of amides is 1. The number of anilines is 1. The lowest BCUT2D eigenvalue weighted by Crippen LogP contribution is -2.44. The molecule has 1 atom stereocenters. The highest BCUT2D eigenvalue weighted by atomic mass is 35.5. The Hall–Kier alpha value is -2.66. The molecule has 0 saturated heterocycles. The molecular formula is C22H23ClN4O. The Bertz CT molecular complexity index is 1030. The lowest BCUT2D eigenvalue weighted by molar-refractivity contribution is 0.0969. The monoisotopic (exact) mass is 394 g/mol. The second kappa shape index (κ2) is 7.40. The number of carbonyl (C=O) groups excluding carboxylic acids is 1. The van der Waals surface area contributed by atoms with E-state index in [-0.39, 0.29) is 11.9 Å². The van der Waals surface area contributed by atoms with Crippen LogP contribution in [0.3, 0.4) is 0 Å². The third-order valence-electron chi connectivity index (χ3n) is 5.15. The maximum Gasteiger partial charge on any atom is 0.258 e. The number of hydrogen-bond acceptors (Lipinski definition) is 3. The standard InChI is InChI=1S/C22H23ClN4O/c1-14(2)21-25-6-7-26(21)13-16-9-19(12-24-11-16)27-15(3)8-17-10-18(23)4-5-20(17)22(27)28/h4-7,9-12,14-15H,8,13H2,1-3H3. The van der Waals surface area contributed by atoms with Gasteiger partial charge in [0.05, 0.1) is 18.4 Å². The Morgan fingerprint density at radius 3 is 2.86 bits per heavy atom. The van der Waals surface area contributed by atoms with Gasteiger partial charge >= 0.3 is 0 Å². The van der Waals surface area contributed by atoms with E-state index in [1.807, 2.05) is 41.7 Å². The van der Waals surface area contributed by atoms with Gasteiger partial charge in [0, 0.05) is 41.1 Å². The zero-order chi connectivity index (χ0) is 19.8. The van der Waals surface area contributed by atoms with Gasteiger partial charge in [-0.15, -0.1) is 0 Å². The quantitative estimate of drug-likeness (QED) is 0.644. The second-order valence-corrected chi connectivity index (χ2v) is 8.09. The molecule has 0 bridgehead atoms. The average molecular weight is 395 g/mol. The third kappa shape index (κ3) is 3.42. The fourth-order valence-corrected chi connectivity index (χ4v) is 4.09. The number of pyridine rings is 1. The molecule has 1 amide bonds. The van der Waals surface area contributed by atoms with Gasteiger partial charge in [-0.2, -0.15) is 0 Å². The van der Waals surface area contributed by atoms with Crippen molar-refractivity contribution in [2.45, 2.75) is 45.7 Å². The number of halogens is 1. The highest BCUT2D eigenvalue weighted by Gasteiger charge is 2.31. The van der Waals surface area contributed by atoms with Crippen LogP contribution in [-0.2, 0) is 13.0 Å². The second-order valence-electron chi connectivity index (χ2n) is 7.65. The first kappa shape index (κ1) is 18.7. The molecule has 0 saturated carbocycles. The summed E-state index contributed by atoms with van der Waals surface area (Å²) in [6, 6.07) is 7.57. The maximum absolute atomic E-state index is 13.2. The summed E-state index contributed by atoms with van der Waals surface area (Å²) in [7, 11) is 0. The summed E-state index contributed by atoms with van der Waals surface area (Å²) in [5.74, 6) is 1.38. The van der Waals surface area contributed by atoms with E-state index in [2.05, 4.69) is 35.3 Å². The molecule has 6 heteroatoms. The first-order valence-electron chi connectivity index (χ1n) is 9.51. The van der Waals surface area contributed by atoms with Gasteiger partial charge in [-0.1, -0.05) is 25.4 Å². The first-order chi connectivity index (χ1) is 13.4. The fourth-order valence-electron chi connectivity index (χ4n) is 3.89. The summed E-state index contributed by atoms with van der Waals surface area (Å²) in [6.45, 7) is 6.99. The molecular weight excluding hydrogens is 372 g/mol. The molecule has 5 nitrogen and oxygen atoms in total. The van der Waals surface area contributed by atoms with E-state index in [0.29, 0.717) is 23.0 Å². The van der Waals surface area contributed by atoms with Crippen molar-refractivity contribution >= 4 is 23.2 Å². The van der Waals surface area contributed by atoms with Crippen LogP contribution in [0.5, 0.6) is 0 Å². The number of rotatable bonds is 4. The SMILES string of the molecule is CC(C)c1nccn1Cc1cncc(N2C(=O)c3ccc(Cl)cc3CC2C)c1. The van der Waals surface area contributed by atoms with Gasteiger partial charge in [0.15, 0.2) is 0 Å². The zero-order valence-corrected chi connectivity index (χ0v) is 17.0. The molecule has 0 radical (unpaired) electrons. The Labute approximate surface area is 170 Å². The number of imidazole rings is 1. The predicted octanol–water partition coefficient (Wildman–Crippen LogP) is 4.69. The van der Waals surface area contributed by atoms with Gasteiger partial charge in [0.25, 0.3) is 5.91 Å². The lowest BCUT2D eigenvalue weighted by atomic mass is 9.93. The molecule has 0 fully saturated rings. The van der Waals surface area contributed by atoms with E-state index < -0.39 is 0 Å². The molecule has 144 valence electrons. The van der Waals surface area contributed by atoms with Crippen molar-refractivity contribution in [2.24, 2.45) is 0 Å². The van der Waals surface area contributed by atoms with Crippen LogP contribution in [0.15, 0.2) is 49.1 Å².